The van der Waals surface area contributed by atoms with Crippen LogP contribution in [0.5, 0.6) is 0 Å². The van der Waals surface area contributed by atoms with Gasteiger partial charge in [-0.15, -0.1) is 0 Å². The van der Waals surface area contributed by atoms with Crippen LogP contribution in [0.2, 0.25) is 0 Å². The van der Waals surface area contributed by atoms with E-state index in [9.17, 15) is 4.79 Å². The van der Waals surface area contributed by atoms with Crippen molar-refractivity contribution in [1.82, 2.24) is 10.2 Å². The van der Waals surface area contributed by atoms with Crippen LogP contribution in [0, 0.1) is 0 Å². The molecule has 11 heavy (non-hydrogen) atoms. The largest absolute Gasteiger partial charge is 0.337 e. The summed E-state index contributed by atoms with van der Waals surface area (Å²) >= 11 is 0. The molecule has 1 amide bonds. The summed E-state index contributed by atoms with van der Waals surface area (Å²) in [6, 6.07) is 0.588. The van der Waals surface area contributed by atoms with Gasteiger partial charge >= 0.3 is 0 Å². The summed E-state index contributed by atoms with van der Waals surface area (Å²) in [5.74, 6) is 0.293. The standard InChI is InChI=1S/C8H14N2O/c11-8-6-9-4-5-10(8)7-2-1-3-7/h7,9H,1-6H2. The lowest BCUT2D eigenvalue weighted by atomic mass is 9.91. The zero-order valence-corrected chi connectivity index (χ0v) is 6.68. The van der Waals surface area contributed by atoms with Gasteiger partial charge in [-0.25, -0.2) is 0 Å². The summed E-state index contributed by atoms with van der Waals surface area (Å²) in [5, 5.41) is 3.08. The molecule has 1 aliphatic carbocycles. The number of hydrogen-bond donors (Lipinski definition) is 1. The number of piperazine rings is 1. The number of carbonyl (C=O) groups is 1. The van der Waals surface area contributed by atoms with E-state index >= 15 is 0 Å². The fourth-order valence-electron chi connectivity index (χ4n) is 1.71. The van der Waals surface area contributed by atoms with E-state index in [1.807, 2.05) is 4.90 Å². The van der Waals surface area contributed by atoms with Crippen LogP contribution in [-0.2, 0) is 4.79 Å². The maximum absolute atomic E-state index is 11.3. The minimum absolute atomic E-state index is 0.293. The van der Waals surface area contributed by atoms with Gasteiger partial charge in [0.2, 0.25) is 5.91 Å². The number of rotatable bonds is 1. The highest BCUT2D eigenvalue weighted by Crippen LogP contribution is 2.24. The fourth-order valence-corrected chi connectivity index (χ4v) is 1.71. The third-order valence-corrected chi connectivity index (χ3v) is 2.64. The fraction of sp³-hybridized carbons (Fsp3) is 0.875. The Morgan fingerprint density at radius 1 is 1.45 bits per heavy atom. The van der Waals surface area contributed by atoms with Crippen LogP contribution in [0.3, 0.4) is 0 Å². The van der Waals surface area contributed by atoms with Crippen molar-refractivity contribution >= 4 is 5.91 Å². The molecule has 2 fully saturated rings. The molecule has 0 aromatic rings. The van der Waals surface area contributed by atoms with E-state index in [-0.39, 0.29) is 0 Å². The van der Waals surface area contributed by atoms with Gasteiger partial charge in [-0.2, -0.15) is 0 Å². The van der Waals surface area contributed by atoms with Crippen LogP contribution < -0.4 is 5.32 Å². The van der Waals surface area contributed by atoms with E-state index in [4.69, 9.17) is 0 Å². The van der Waals surface area contributed by atoms with E-state index in [2.05, 4.69) is 5.32 Å². The zero-order valence-electron chi connectivity index (χ0n) is 6.68. The van der Waals surface area contributed by atoms with E-state index in [1.54, 1.807) is 0 Å². The Balaban J connectivity index is 1.93. The predicted molar refractivity (Wildman–Crippen MR) is 42.2 cm³/mol. The molecule has 0 atom stereocenters. The summed E-state index contributed by atoms with van der Waals surface area (Å²) < 4.78 is 0. The molecule has 0 spiro atoms. The Hall–Kier alpha value is -0.570. The third-order valence-electron chi connectivity index (χ3n) is 2.64. The number of amides is 1. The number of hydrogen-bond acceptors (Lipinski definition) is 2. The third kappa shape index (κ3) is 1.25. The summed E-state index contributed by atoms with van der Waals surface area (Å²) in [6.45, 7) is 2.45. The van der Waals surface area contributed by atoms with E-state index in [0.29, 0.717) is 18.5 Å². The molecular formula is C8H14N2O. The summed E-state index contributed by atoms with van der Waals surface area (Å²) in [4.78, 5) is 13.3. The maximum atomic E-state index is 11.3. The molecular weight excluding hydrogens is 140 g/mol. The van der Waals surface area contributed by atoms with Gasteiger partial charge in [-0.1, -0.05) is 0 Å². The molecule has 0 radical (unpaired) electrons. The number of nitrogens with one attached hydrogen (secondary N) is 1. The summed E-state index contributed by atoms with van der Waals surface area (Å²) in [5.41, 5.74) is 0. The van der Waals surface area contributed by atoms with E-state index < -0.39 is 0 Å². The van der Waals surface area contributed by atoms with Gasteiger partial charge in [0.15, 0.2) is 0 Å². The van der Waals surface area contributed by atoms with Crippen molar-refractivity contribution in [1.29, 1.82) is 0 Å². The minimum Gasteiger partial charge on any atom is -0.337 e. The summed E-state index contributed by atoms with van der Waals surface area (Å²) in [7, 11) is 0. The minimum atomic E-state index is 0.293. The molecule has 1 heterocycles. The molecule has 62 valence electrons. The topological polar surface area (TPSA) is 32.3 Å². The van der Waals surface area contributed by atoms with Gasteiger partial charge in [-0.05, 0) is 19.3 Å². The van der Waals surface area contributed by atoms with Crippen molar-refractivity contribution in [3.63, 3.8) is 0 Å². The second kappa shape index (κ2) is 2.81. The molecule has 1 saturated carbocycles. The van der Waals surface area contributed by atoms with Crippen LogP contribution in [0.1, 0.15) is 19.3 Å². The Labute approximate surface area is 66.8 Å². The lowest BCUT2D eigenvalue weighted by Gasteiger charge is -2.39. The Kier molecular flexibility index (Phi) is 1.82. The van der Waals surface area contributed by atoms with Crippen LogP contribution >= 0.6 is 0 Å². The molecule has 0 bridgehead atoms. The smallest absolute Gasteiger partial charge is 0.236 e. The van der Waals surface area contributed by atoms with Gasteiger partial charge in [0, 0.05) is 19.1 Å². The van der Waals surface area contributed by atoms with Crippen molar-refractivity contribution in [2.45, 2.75) is 25.3 Å². The first-order valence-electron chi connectivity index (χ1n) is 4.38. The zero-order chi connectivity index (χ0) is 7.68. The molecule has 1 aliphatic heterocycles. The van der Waals surface area contributed by atoms with Crippen LogP contribution in [0.15, 0.2) is 0 Å². The second-order valence-electron chi connectivity index (χ2n) is 3.35. The normalized spacial score (nSPS) is 26.9. The monoisotopic (exact) mass is 154 g/mol. The highest BCUT2D eigenvalue weighted by Gasteiger charge is 2.29. The quantitative estimate of drug-likeness (QED) is 0.575. The predicted octanol–water partition coefficient (Wildman–Crippen LogP) is -0.0293. The Morgan fingerprint density at radius 3 is 2.82 bits per heavy atom. The van der Waals surface area contributed by atoms with E-state index in [1.165, 1.54) is 19.3 Å². The van der Waals surface area contributed by atoms with Crippen molar-refractivity contribution < 1.29 is 4.79 Å². The Morgan fingerprint density at radius 2 is 2.27 bits per heavy atom. The van der Waals surface area contributed by atoms with Gasteiger partial charge in [0.1, 0.15) is 0 Å². The van der Waals surface area contributed by atoms with Crippen LogP contribution in [-0.4, -0.2) is 36.5 Å². The van der Waals surface area contributed by atoms with Gasteiger partial charge in [0.05, 0.1) is 6.54 Å². The molecule has 1 saturated heterocycles. The first kappa shape index (κ1) is 7.10. The van der Waals surface area contributed by atoms with Crippen molar-refractivity contribution in [3.05, 3.63) is 0 Å². The summed E-state index contributed by atoms with van der Waals surface area (Å²) in [6.07, 6.45) is 3.76. The molecule has 3 nitrogen and oxygen atoms in total. The number of carbonyl (C=O) groups excluding carboxylic acids is 1. The lowest BCUT2D eigenvalue weighted by Crippen LogP contribution is -2.54. The van der Waals surface area contributed by atoms with Crippen molar-refractivity contribution in [2.75, 3.05) is 19.6 Å². The molecule has 2 rings (SSSR count). The average molecular weight is 154 g/mol. The Bertz CT molecular complexity index is 165. The number of nitrogens with zero attached hydrogens (tertiary/aromatic N) is 1. The lowest BCUT2D eigenvalue weighted by molar-refractivity contribution is -0.136. The first-order chi connectivity index (χ1) is 5.38. The molecule has 0 aromatic carbocycles. The molecule has 3 heteroatoms. The van der Waals surface area contributed by atoms with Crippen molar-refractivity contribution in [2.24, 2.45) is 0 Å². The molecule has 0 aromatic heterocycles. The molecule has 1 N–H and O–H groups in total. The highest BCUT2D eigenvalue weighted by atomic mass is 16.2. The maximum Gasteiger partial charge on any atom is 0.236 e. The highest BCUT2D eigenvalue weighted by molar-refractivity contribution is 5.79. The molecule has 0 unspecified atom stereocenters. The van der Waals surface area contributed by atoms with Gasteiger partial charge in [0.25, 0.3) is 0 Å². The first-order valence-corrected chi connectivity index (χ1v) is 4.38. The van der Waals surface area contributed by atoms with Crippen LogP contribution in [0.25, 0.3) is 0 Å². The second-order valence-corrected chi connectivity index (χ2v) is 3.35. The van der Waals surface area contributed by atoms with Crippen molar-refractivity contribution in [3.8, 4) is 0 Å². The van der Waals surface area contributed by atoms with Gasteiger partial charge in [-0.3, -0.25) is 4.79 Å². The van der Waals surface area contributed by atoms with Gasteiger partial charge < -0.3 is 10.2 Å². The van der Waals surface area contributed by atoms with E-state index in [0.717, 1.165) is 13.1 Å². The van der Waals surface area contributed by atoms with Crippen LogP contribution in [0.4, 0.5) is 0 Å². The molecule has 2 aliphatic rings. The SMILES string of the molecule is O=C1CNCCN1C1CCC1. The average Bonchev–Trinajstić information content (AvgIpc) is 1.90.